The van der Waals surface area contributed by atoms with Gasteiger partial charge in [0, 0.05) is 114 Å². The molecular formula is C50H100FN7O2S. The smallest absolute Gasteiger partial charge is 0.117 e. The molecular weight excluding hydrogens is 782 g/mol. The predicted molar refractivity (Wildman–Crippen MR) is 262 cm³/mol. The van der Waals surface area contributed by atoms with Crippen LogP contribution >= 0.6 is 0 Å². The van der Waals surface area contributed by atoms with E-state index in [1.54, 1.807) is 0 Å². The van der Waals surface area contributed by atoms with Gasteiger partial charge in [-0.1, -0.05) is 20.3 Å². The van der Waals surface area contributed by atoms with E-state index in [9.17, 15) is 8.60 Å². The average Bonchev–Trinajstić information content (AvgIpc) is 3.89. The average molecular weight is 882 g/mol. The number of hydrogen-bond acceptors (Lipinski definition) is 9. The zero-order valence-corrected chi connectivity index (χ0v) is 43.8. The van der Waals surface area contributed by atoms with Gasteiger partial charge in [-0.3, -0.25) is 28.7 Å². The zero-order valence-electron chi connectivity index (χ0n) is 43.0. The molecule has 8 aliphatic rings. The Hall–Kier alpha value is -0.370. The summed E-state index contributed by atoms with van der Waals surface area (Å²) in [5.74, 6) is 5.74. The van der Waals surface area contributed by atoms with E-state index in [1.807, 2.05) is 6.92 Å². The van der Waals surface area contributed by atoms with Crippen LogP contribution in [0.15, 0.2) is 0 Å². The molecule has 7 heterocycles. The van der Waals surface area contributed by atoms with Gasteiger partial charge in [0.05, 0.1) is 13.2 Å². The Labute approximate surface area is 377 Å². The number of piperidine rings is 1. The summed E-state index contributed by atoms with van der Waals surface area (Å²) in [6.07, 6.45) is 7.14. The van der Waals surface area contributed by atoms with Gasteiger partial charge in [-0.2, -0.15) is 0 Å². The quantitative estimate of drug-likeness (QED) is 0.259. The van der Waals surface area contributed by atoms with Crippen molar-refractivity contribution in [2.45, 2.75) is 213 Å². The van der Waals surface area contributed by atoms with E-state index in [-0.39, 0.29) is 22.5 Å². The summed E-state index contributed by atoms with van der Waals surface area (Å²) in [6, 6.07) is 1.72. The minimum atomic E-state index is -1.72. The molecule has 8 rings (SSSR count). The molecule has 0 radical (unpaired) electrons. The third-order valence-corrected chi connectivity index (χ3v) is 18.6. The van der Waals surface area contributed by atoms with E-state index in [0.717, 1.165) is 57.5 Å². The van der Waals surface area contributed by atoms with Gasteiger partial charge in [0.1, 0.15) is 6.17 Å². The highest BCUT2D eigenvalue weighted by Gasteiger charge is 2.50. The standard InChI is InChI=1S/C13H26N2.C10H19NOS.C10H19NO.C9H18FN.C8H18N2/c1-12(2,3)15-9-7-13(8-10-15)6-4-5-11(13)14;1-10(2,3)11-6-9-5-8(11)7-13(9,4)12;1-8(2)11-4-9(3)10(5-11)6-12-7-10;1-7-5-11(6-8(7)10)9(2,3)4;1-7(2,3)10-5-8(4,9)6-10/h11H,4-10,14H2,1-3H3;8-9H,4-7H2,1-3H3;8-9H,4-7H2,1-3H3;7-8H,5-6H2,1-4H3;5-6,9H2,1-4H3/t11-;;;7-,8+;/m1..0./s1. The third-order valence-electron chi connectivity index (χ3n) is 16.1. The Balaban J connectivity index is 0.000000169. The van der Waals surface area contributed by atoms with Crippen LogP contribution in [0.2, 0.25) is 0 Å². The molecule has 0 aromatic carbocycles. The first kappa shape index (κ1) is 53.2. The number of halogens is 1. The number of hydrogen-bond donors (Lipinski definition) is 2. The number of nitrogens with zero attached hydrogens (tertiary/aromatic N) is 5. The fourth-order valence-corrected chi connectivity index (χ4v) is 13.4. The molecule has 1 saturated carbocycles. The molecule has 4 N–H and O–H groups in total. The van der Waals surface area contributed by atoms with Crippen LogP contribution in [0.1, 0.15) is 156 Å². The largest absolute Gasteiger partial charge is 0.380 e. The first-order valence-electron chi connectivity index (χ1n) is 24.5. The second-order valence-electron chi connectivity index (χ2n) is 25.9. The highest BCUT2D eigenvalue weighted by molar-refractivity contribution is 8.01. The lowest BCUT2D eigenvalue weighted by Gasteiger charge is -2.52. The molecule has 7 saturated heterocycles. The second kappa shape index (κ2) is 19.5. The fourth-order valence-electron chi connectivity index (χ4n) is 11.1. The van der Waals surface area contributed by atoms with E-state index >= 15 is 0 Å². The Morgan fingerprint density at radius 2 is 1.30 bits per heavy atom. The van der Waals surface area contributed by atoms with Crippen LogP contribution in [0.3, 0.4) is 0 Å². The molecule has 2 spiro atoms. The van der Waals surface area contributed by atoms with Crippen molar-refractivity contribution in [2.24, 2.45) is 34.1 Å². The molecule has 61 heavy (non-hydrogen) atoms. The molecule has 11 heteroatoms. The summed E-state index contributed by atoms with van der Waals surface area (Å²) in [7, 11) is -1.72. The lowest BCUT2D eigenvalue weighted by molar-refractivity contribution is -0.124. The van der Waals surface area contributed by atoms with E-state index in [1.165, 1.54) is 58.3 Å². The molecule has 1 aliphatic carbocycles. The molecule has 0 aromatic heterocycles. The van der Waals surface area contributed by atoms with Crippen LogP contribution in [0.4, 0.5) is 4.39 Å². The maximum absolute atomic E-state index is 13.1. The van der Waals surface area contributed by atoms with Crippen molar-refractivity contribution < 1.29 is 13.3 Å². The van der Waals surface area contributed by atoms with E-state index < -0.39 is 15.7 Å². The summed E-state index contributed by atoms with van der Waals surface area (Å²) in [5.41, 5.74) is 14.3. The van der Waals surface area contributed by atoms with Crippen LogP contribution in [-0.2, 0) is 14.3 Å². The van der Waals surface area contributed by atoms with E-state index in [4.69, 9.17) is 16.2 Å². The van der Waals surface area contributed by atoms with Gasteiger partial charge in [-0.05, 0) is 176 Å². The van der Waals surface area contributed by atoms with Crippen LogP contribution in [0.5, 0.6) is 0 Å². The summed E-state index contributed by atoms with van der Waals surface area (Å²) in [5, 5.41) is 0.372. The van der Waals surface area contributed by atoms with Gasteiger partial charge in [0.15, 0.2) is 0 Å². The van der Waals surface area contributed by atoms with Crippen molar-refractivity contribution in [1.82, 2.24) is 24.5 Å². The van der Waals surface area contributed by atoms with Gasteiger partial charge in [0.2, 0.25) is 0 Å². The lowest BCUT2D eigenvalue weighted by Crippen LogP contribution is -2.69. The number of fused-ring (bicyclic) bond motifs is 2. The van der Waals surface area contributed by atoms with Gasteiger partial charge in [-0.15, -0.1) is 0 Å². The van der Waals surface area contributed by atoms with E-state index in [2.05, 4.69) is 141 Å². The van der Waals surface area contributed by atoms with Gasteiger partial charge in [0.25, 0.3) is 0 Å². The molecule has 7 aliphatic heterocycles. The second-order valence-corrected chi connectivity index (χ2v) is 28.7. The third kappa shape index (κ3) is 13.6. The molecule has 360 valence electrons. The number of alkyl halides is 1. The van der Waals surface area contributed by atoms with Crippen molar-refractivity contribution in [3.8, 4) is 0 Å². The monoisotopic (exact) mass is 882 g/mol. The Morgan fingerprint density at radius 1 is 0.754 bits per heavy atom. The van der Waals surface area contributed by atoms with Crippen LogP contribution in [0.25, 0.3) is 0 Å². The van der Waals surface area contributed by atoms with Gasteiger partial charge in [-0.25, -0.2) is 4.39 Å². The Bertz CT molecular complexity index is 1480. The van der Waals surface area contributed by atoms with Crippen molar-refractivity contribution in [1.29, 1.82) is 0 Å². The summed E-state index contributed by atoms with van der Waals surface area (Å²) in [6.45, 7) is 49.4. The first-order chi connectivity index (χ1) is 27.6. The number of likely N-dealkylation sites (tertiary alicyclic amines) is 5. The summed E-state index contributed by atoms with van der Waals surface area (Å²) in [4.78, 5) is 12.3. The minimum absolute atomic E-state index is 0.0767. The Kier molecular flexibility index (Phi) is 17.0. The van der Waals surface area contributed by atoms with Crippen molar-refractivity contribution >= 4 is 15.4 Å². The maximum atomic E-state index is 13.1. The topological polar surface area (TPSA) is 94.5 Å². The fraction of sp³-hybridized carbons (Fsp3) is 0.980. The molecule has 4 unspecified atom stereocenters. The lowest BCUT2D eigenvalue weighted by atomic mass is 9.73. The summed E-state index contributed by atoms with van der Waals surface area (Å²) < 4.78 is 30.3. The van der Waals surface area contributed by atoms with Crippen molar-refractivity contribution in [2.75, 3.05) is 77.9 Å². The maximum Gasteiger partial charge on any atom is 0.117 e. The molecule has 2 bridgehead atoms. The highest BCUT2D eigenvalue weighted by Crippen LogP contribution is 2.46. The predicted octanol–water partition coefficient (Wildman–Crippen LogP) is 7.59. The van der Waals surface area contributed by atoms with Crippen molar-refractivity contribution in [3.63, 3.8) is 0 Å². The van der Waals surface area contributed by atoms with E-state index in [0.29, 0.717) is 51.8 Å². The van der Waals surface area contributed by atoms with Crippen molar-refractivity contribution in [3.05, 3.63) is 0 Å². The molecule has 9 nitrogen and oxygen atoms in total. The normalized spacial score (nSPS) is 35.0. The Morgan fingerprint density at radius 3 is 1.56 bits per heavy atom. The molecule has 8 fully saturated rings. The summed E-state index contributed by atoms with van der Waals surface area (Å²) >= 11 is 0. The van der Waals surface area contributed by atoms with Gasteiger partial charge < -0.3 is 16.2 Å². The van der Waals surface area contributed by atoms with Crippen LogP contribution in [0, 0.1) is 22.7 Å². The highest BCUT2D eigenvalue weighted by atomic mass is 32.2. The number of nitrogens with two attached hydrogens (primary N) is 2. The number of ether oxygens (including phenoxy) is 1. The SMILES string of the molecule is C=S1(=O)CC2CC1CN2C(C)(C)C.CC(C)(C)N1CCC2(CCC[C@H]2N)CC1.CC(C)N1CC(C)C2(COC2)C1.CC1(N)CN(C(C)(C)C)C1.C[C@H]1CN(C(C)(C)C)C[C@H]1F. The number of rotatable bonds is 1. The molecule has 0 amide bonds. The minimum Gasteiger partial charge on any atom is -0.380 e. The first-order valence-corrected chi connectivity index (χ1v) is 26.4. The van der Waals surface area contributed by atoms with Gasteiger partial charge >= 0.3 is 0 Å². The molecule has 0 aromatic rings. The zero-order chi connectivity index (χ0) is 46.4. The van der Waals surface area contributed by atoms with Crippen LogP contribution in [-0.4, -0.2) is 170 Å². The molecule has 7 atom stereocenters. The van der Waals surface area contributed by atoms with Crippen LogP contribution < -0.4 is 11.5 Å².